The average Bonchev–Trinajstić information content (AvgIpc) is 3.16. The number of alkyl halides is 3. The number of carbonyl (C=O) groups is 1. The second-order valence-electron chi connectivity index (χ2n) is 5.28. The van der Waals surface area contributed by atoms with Gasteiger partial charge in [0.1, 0.15) is 5.41 Å². The van der Waals surface area contributed by atoms with Crippen LogP contribution in [0, 0.1) is 5.41 Å². The number of hydrogen-bond acceptors (Lipinski definition) is 3. The summed E-state index contributed by atoms with van der Waals surface area (Å²) < 4.78 is 38.2. The summed E-state index contributed by atoms with van der Waals surface area (Å²) >= 11 is 0. The number of amides is 1. The Balaban J connectivity index is 0.000000956. The first kappa shape index (κ1) is 17.2. The van der Waals surface area contributed by atoms with Crippen LogP contribution in [0.3, 0.4) is 0 Å². The highest BCUT2D eigenvalue weighted by atomic mass is 19.4. The van der Waals surface area contributed by atoms with Gasteiger partial charge in [0.15, 0.2) is 0 Å². The maximum atomic E-state index is 12.7. The van der Waals surface area contributed by atoms with Crippen molar-refractivity contribution in [3.63, 3.8) is 0 Å². The zero-order valence-electron chi connectivity index (χ0n) is 12.1. The van der Waals surface area contributed by atoms with Gasteiger partial charge in [0.05, 0.1) is 12.1 Å². The van der Waals surface area contributed by atoms with Crippen LogP contribution in [-0.2, 0) is 4.79 Å². The number of carbonyl (C=O) groups excluding carboxylic acids is 1. The van der Waals surface area contributed by atoms with E-state index in [1.54, 1.807) is 0 Å². The molecule has 0 aromatic heterocycles. The number of piperidine rings is 1. The molecular formula is C13H23F3N2O2. The van der Waals surface area contributed by atoms with E-state index in [0.717, 1.165) is 0 Å². The molecule has 1 saturated carbocycles. The second-order valence-corrected chi connectivity index (χ2v) is 5.28. The van der Waals surface area contributed by atoms with Crippen molar-refractivity contribution >= 4 is 5.91 Å². The van der Waals surface area contributed by atoms with Crippen LogP contribution in [0.4, 0.5) is 13.2 Å². The molecule has 20 heavy (non-hydrogen) atoms. The van der Waals surface area contributed by atoms with E-state index in [1.165, 1.54) is 0 Å². The van der Waals surface area contributed by atoms with Crippen molar-refractivity contribution in [1.82, 2.24) is 10.2 Å². The Labute approximate surface area is 117 Å². The Morgan fingerprint density at radius 2 is 1.90 bits per heavy atom. The van der Waals surface area contributed by atoms with Crippen molar-refractivity contribution in [3.8, 4) is 0 Å². The average molecular weight is 296 g/mol. The van der Waals surface area contributed by atoms with Gasteiger partial charge in [-0.2, -0.15) is 13.2 Å². The van der Waals surface area contributed by atoms with E-state index in [1.807, 2.05) is 25.8 Å². The molecule has 1 amide bonds. The van der Waals surface area contributed by atoms with Crippen LogP contribution >= 0.6 is 0 Å². The molecule has 2 unspecified atom stereocenters. The number of likely N-dealkylation sites (N-methyl/N-ethyl adjacent to an activating group) is 1. The van der Waals surface area contributed by atoms with Crippen molar-refractivity contribution < 1.29 is 23.1 Å². The normalized spacial score (nSPS) is 29.1. The van der Waals surface area contributed by atoms with E-state index in [4.69, 9.17) is 0 Å². The molecule has 4 nitrogen and oxygen atoms in total. The largest absolute Gasteiger partial charge is 0.403 e. The number of β-amino-alcohol motifs (C(OH)–C–C–N with tert-alkyl or cyclic N) is 1. The molecule has 2 atom stereocenters. The highest BCUT2D eigenvalue weighted by molar-refractivity contribution is 5.86. The number of rotatable bonds is 2. The first-order valence-corrected chi connectivity index (χ1v) is 7.00. The second kappa shape index (κ2) is 6.30. The topological polar surface area (TPSA) is 52.6 Å². The van der Waals surface area contributed by atoms with Crippen LogP contribution in [0.2, 0.25) is 0 Å². The van der Waals surface area contributed by atoms with E-state index < -0.39 is 29.6 Å². The van der Waals surface area contributed by atoms with E-state index in [9.17, 15) is 23.1 Å². The Hall–Kier alpha value is -0.820. The molecule has 118 valence electrons. The number of nitrogens with zero attached hydrogens (tertiary/aromatic N) is 1. The Kier molecular flexibility index (Phi) is 5.43. The molecule has 2 fully saturated rings. The van der Waals surface area contributed by atoms with Gasteiger partial charge in [0.2, 0.25) is 5.91 Å². The fraction of sp³-hybridized carbons (Fsp3) is 0.923. The maximum Gasteiger partial charge on any atom is 0.403 e. The lowest BCUT2D eigenvalue weighted by Crippen LogP contribution is -2.55. The predicted octanol–water partition coefficient (Wildman–Crippen LogP) is 1.54. The summed E-state index contributed by atoms with van der Waals surface area (Å²) in [6, 6.07) is -0.575. The molecule has 1 aliphatic heterocycles. The third-order valence-corrected chi connectivity index (χ3v) is 3.83. The van der Waals surface area contributed by atoms with Gasteiger partial charge in [-0.25, -0.2) is 0 Å². The summed E-state index contributed by atoms with van der Waals surface area (Å²) in [5.74, 6) is -0.983. The molecule has 0 aromatic rings. The predicted molar refractivity (Wildman–Crippen MR) is 69.1 cm³/mol. The number of aliphatic hydroxyl groups excluding tert-OH is 1. The number of aliphatic hydroxyl groups is 1. The SMILES string of the molecule is CC.CN1CCC(NC(=O)C2(C(F)(F)F)CC2)C(O)C1. The number of nitrogens with one attached hydrogen (secondary N) is 1. The summed E-state index contributed by atoms with van der Waals surface area (Å²) in [5.41, 5.74) is -2.20. The number of hydrogen-bond donors (Lipinski definition) is 2. The van der Waals surface area contributed by atoms with E-state index >= 15 is 0 Å². The van der Waals surface area contributed by atoms with Gasteiger partial charge >= 0.3 is 6.18 Å². The third kappa shape index (κ3) is 3.44. The van der Waals surface area contributed by atoms with Crippen LogP contribution in [0.15, 0.2) is 0 Å². The van der Waals surface area contributed by atoms with Gasteiger partial charge in [-0.05, 0) is 32.9 Å². The molecule has 1 heterocycles. The Morgan fingerprint density at radius 3 is 2.30 bits per heavy atom. The zero-order chi connectivity index (χ0) is 15.6. The summed E-state index contributed by atoms with van der Waals surface area (Å²) in [6.45, 7) is 5.02. The first-order chi connectivity index (χ1) is 9.26. The summed E-state index contributed by atoms with van der Waals surface area (Å²) in [4.78, 5) is 13.6. The maximum absolute atomic E-state index is 12.7. The van der Waals surface area contributed by atoms with Crippen LogP contribution in [0.5, 0.6) is 0 Å². The smallest absolute Gasteiger partial charge is 0.390 e. The highest BCUT2D eigenvalue weighted by Crippen LogP contribution is 2.57. The first-order valence-electron chi connectivity index (χ1n) is 7.00. The Morgan fingerprint density at radius 1 is 1.35 bits per heavy atom. The number of likely N-dealkylation sites (tertiary alicyclic amines) is 1. The molecule has 2 rings (SSSR count). The molecule has 1 saturated heterocycles. The highest BCUT2D eigenvalue weighted by Gasteiger charge is 2.68. The molecule has 0 spiro atoms. The van der Waals surface area contributed by atoms with Gasteiger partial charge in [-0.15, -0.1) is 0 Å². The van der Waals surface area contributed by atoms with E-state index in [-0.39, 0.29) is 12.8 Å². The van der Waals surface area contributed by atoms with Crippen LogP contribution in [-0.4, -0.2) is 54.4 Å². The lowest BCUT2D eigenvalue weighted by Gasteiger charge is -2.35. The van der Waals surface area contributed by atoms with Crippen LogP contribution in [0.25, 0.3) is 0 Å². The fourth-order valence-electron chi connectivity index (χ4n) is 2.33. The zero-order valence-corrected chi connectivity index (χ0v) is 12.1. The summed E-state index contributed by atoms with van der Waals surface area (Å²) in [6.07, 6.45) is -5.13. The molecule has 0 bridgehead atoms. The molecule has 2 N–H and O–H groups in total. The van der Waals surface area contributed by atoms with Gasteiger partial charge in [0.25, 0.3) is 0 Å². The number of halogens is 3. The minimum absolute atomic E-state index is 0.148. The molecule has 1 aliphatic carbocycles. The molecule has 2 aliphatic rings. The van der Waals surface area contributed by atoms with Gasteiger partial charge in [-0.1, -0.05) is 13.8 Å². The standard InChI is InChI=1S/C11H17F3N2O2.C2H6/c1-16-5-2-7(8(17)6-16)15-9(18)10(3-4-10)11(12,13)14;1-2/h7-8,17H,2-6H2,1H3,(H,15,18);1-2H3. The minimum atomic E-state index is -4.49. The van der Waals surface area contributed by atoms with E-state index in [0.29, 0.717) is 19.5 Å². The summed E-state index contributed by atoms with van der Waals surface area (Å²) in [5, 5.41) is 12.1. The van der Waals surface area contributed by atoms with Crippen molar-refractivity contribution in [3.05, 3.63) is 0 Å². The van der Waals surface area contributed by atoms with Crippen molar-refractivity contribution in [1.29, 1.82) is 0 Å². The van der Waals surface area contributed by atoms with Crippen LogP contribution in [0.1, 0.15) is 33.1 Å². The molecular weight excluding hydrogens is 273 g/mol. The van der Waals surface area contributed by atoms with Crippen molar-refractivity contribution in [2.45, 2.75) is 51.4 Å². The Bertz CT molecular complexity index is 343. The minimum Gasteiger partial charge on any atom is -0.390 e. The van der Waals surface area contributed by atoms with Gasteiger partial charge in [-0.3, -0.25) is 4.79 Å². The van der Waals surface area contributed by atoms with E-state index in [2.05, 4.69) is 5.32 Å². The van der Waals surface area contributed by atoms with Crippen molar-refractivity contribution in [2.75, 3.05) is 20.1 Å². The quantitative estimate of drug-likeness (QED) is 0.812. The molecule has 7 heteroatoms. The molecule has 0 radical (unpaired) electrons. The van der Waals surface area contributed by atoms with Crippen LogP contribution < -0.4 is 5.32 Å². The lowest BCUT2D eigenvalue weighted by molar-refractivity contribution is -0.193. The molecule has 0 aromatic carbocycles. The van der Waals surface area contributed by atoms with Gasteiger partial charge < -0.3 is 15.3 Å². The third-order valence-electron chi connectivity index (χ3n) is 3.83. The van der Waals surface area contributed by atoms with Gasteiger partial charge in [0, 0.05) is 6.54 Å². The van der Waals surface area contributed by atoms with Crippen molar-refractivity contribution in [2.24, 2.45) is 5.41 Å². The fourth-order valence-corrected chi connectivity index (χ4v) is 2.33. The lowest BCUT2D eigenvalue weighted by atomic mass is 9.99. The monoisotopic (exact) mass is 296 g/mol. The summed E-state index contributed by atoms with van der Waals surface area (Å²) in [7, 11) is 1.82.